The van der Waals surface area contributed by atoms with Gasteiger partial charge in [-0.15, -0.1) is 0 Å². The number of carbonyl (C=O) groups excluding carboxylic acids is 1. The molecule has 1 aliphatic rings. The maximum absolute atomic E-state index is 11.8. The number of rotatable bonds is 2. The van der Waals surface area contributed by atoms with Crippen LogP contribution in [0.15, 0.2) is 0 Å². The highest BCUT2D eigenvalue weighted by Crippen LogP contribution is 2.11. The average molecular weight is 200 g/mol. The normalized spacial score (nSPS) is 17.3. The second kappa shape index (κ2) is 4.17. The highest BCUT2D eigenvalue weighted by atomic mass is 16.3. The molecule has 1 saturated heterocycles. The van der Waals surface area contributed by atoms with Gasteiger partial charge in [0.05, 0.1) is 12.1 Å². The molecule has 0 bridgehead atoms. The highest BCUT2D eigenvalue weighted by molar-refractivity contribution is 5.74. The van der Waals surface area contributed by atoms with Crippen molar-refractivity contribution in [2.75, 3.05) is 26.7 Å². The van der Waals surface area contributed by atoms with Crippen molar-refractivity contribution in [3.63, 3.8) is 0 Å². The lowest BCUT2D eigenvalue weighted by molar-refractivity contribution is 0.0483. The lowest BCUT2D eigenvalue weighted by atomic mass is 10.1. The molecule has 1 aliphatic heterocycles. The van der Waals surface area contributed by atoms with E-state index in [1.807, 2.05) is 4.90 Å². The fourth-order valence-electron chi connectivity index (χ4n) is 1.80. The number of likely N-dealkylation sites (tertiary alicyclic amines) is 1. The molecule has 4 heteroatoms. The zero-order valence-electron chi connectivity index (χ0n) is 9.29. The first-order chi connectivity index (χ1) is 6.40. The van der Waals surface area contributed by atoms with E-state index >= 15 is 0 Å². The molecular weight excluding hydrogens is 180 g/mol. The molecule has 0 spiro atoms. The monoisotopic (exact) mass is 200 g/mol. The number of carbonyl (C=O) groups is 1. The van der Waals surface area contributed by atoms with Gasteiger partial charge >= 0.3 is 6.03 Å². The summed E-state index contributed by atoms with van der Waals surface area (Å²) in [5.74, 6) is 0. The molecule has 1 heterocycles. The fourth-order valence-corrected chi connectivity index (χ4v) is 1.80. The summed E-state index contributed by atoms with van der Waals surface area (Å²) in [6.07, 6.45) is 2.20. The van der Waals surface area contributed by atoms with Gasteiger partial charge in [-0.1, -0.05) is 0 Å². The topological polar surface area (TPSA) is 43.8 Å². The number of amides is 2. The van der Waals surface area contributed by atoms with Crippen LogP contribution in [-0.2, 0) is 0 Å². The number of hydrogen-bond donors (Lipinski definition) is 1. The second-order valence-electron chi connectivity index (χ2n) is 4.65. The molecule has 1 fully saturated rings. The van der Waals surface area contributed by atoms with Crippen molar-refractivity contribution in [3.8, 4) is 0 Å². The molecule has 0 radical (unpaired) electrons. The SMILES string of the molecule is CN(CC(C)(C)O)C(=O)N1CCCC1. The zero-order chi connectivity index (χ0) is 10.8. The van der Waals surface area contributed by atoms with Crippen molar-refractivity contribution < 1.29 is 9.90 Å². The van der Waals surface area contributed by atoms with Crippen molar-refractivity contribution >= 4 is 6.03 Å². The third-order valence-electron chi connectivity index (χ3n) is 2.33. The summed E-state index contributed by atoms with van der Waals surface area (Å²) in [5, 5.41) is 9.57. The standard InChI is InChI=1S/C10H20N2O2/c1-10(2,14)8-11(3)9(13)12-6-4-5-7-12/h14H,4-8H2,1-3H3. The number of likely N-dealkylation sites (N-methyl/N-ethyl adjacent to an activating group) is 1. The molecule has 0 aromatic heterocycles. The lowest BCUT2D eigenvalue weighted by Gasteiger charge is -2.29. The summed E-state index contributed by atoms with van der Waals surface area (Å²) in [6.45, 7) is 5.51. The Bertz CT molecular complexity index is 205. The van der Waals surface area contributed by atoms with Crippen LogP contribution in [0.25, 0.3) is 0 Å². The van der Waals surface area contributed by atoms with Crippen LogP contribution >= 0.6 is 0 Å². The molecule has 1 rings (SSSR count). The maximum atomic E-state index is 11.8. The molecule has 0 aromatic rings. The summed E-state index contributed by atoms with van der Waals surface area (Å²) >= 11 is 0. The van der Waals surface area contributed by atoms with Gasteiger partial charge < -0.3 is 14.9 Å². The smallest absolute Gasteiger partial charge is 0.319 e. The Hall–Kier alpha value is -0.770. The zero-order valence-corrected chi connectivity index (χ0v) is 9.29. The van der Waals surface area contributed by atoms with Crippen molar-refractivity contribution in [2.24, 2.45) is 0 Å². The third kappa shape index (κ3) is 3.18. The van der Waals surface area contributed by atoms with E-state index in [1.54, 1.807) is 25.8 Å². The Morgan fingerprint density at radius 2 is 1.93 bits per heavy atom. The minimum absolute atomic E-state index is 0.0321. The molecule has 82 valence electrons. The molecule has 0 atom stereocenters. The predicted molar refractivity (Wildman–Crippen MR) is 55.1 cm³/mol. The van der Waals surface area contributed by atoms with Crippen LogP contribution in [0.4, 0.5) is 4.79 Å². The van der Waals surface area contributed by atoms with E-state index in [9.17, 15) is 9.90 Å². The Kier molecular flexibility index (Phi) is 3.37. The van der Waals surface area contributed by atoms with Gasteiger partial charge in [0.2, 0.25) is 0 Å². The van der Waals surface area contributed by atoms with Crippen LogP contribution in [0.3, 0.4) is 0 Å². The van der Waals surface area contributed by atoms with E-state index in [4.69, 9.17) is 0 Å². The van der Waals surface area contributed by atoms with Crippen LogP contribution in [0.1, 0.15) is 26.7 Å². The summed E-state index contributed by atoms with van der Waals surface area (Å²) < 4.78 is 0. The predicted octanol–water partition coefficient (Wildman–Crippen LogP) is 0.905. The second-order valence-corrected chi connectivity index (χ2v) is 4.65. The third-order valence-corrected chi connectivity index (χ3v) is 2.33. The van der Waals surface area contributed by atoms with Gasteiger partial charge in [0.1, 0.15) is 0 Å². The number of nitrogens with zero attached hydrogens (tertiary/aromatic N) is 2. The van der Waals surface area contributed by atoms with Gasteiger partial charge in [-0.05, 0) is 26.7 Å². The van der Waals surface area contributed by atoms with Crippen molar-refractivity contribution in [2.45, 2.75) is 32.3 Å². The number of aliphatic hydroxyl groups is 1. The molecular formula is C10H20N2O2. The van der Waals surface area contributed by atoms with Crippen molar-refractivity contribution in [1.82, 2.24) is 9.80 Å². The maximum Gasteiger partial charge on any atom is 0.319 e. The summed E-state index contributed by atoms with van der Waals surface area (Å²) in [7, 11) is 1.73. The first kappa shape index (κ1) is 11.3. The molecule has 0 aliphatic carbocycles. The average Bonchev–Trinajstić information content (AvgIpc) is 2.51. The lowest BCUT2D eigenvalue weighted by Crippen LogP contribution is -2.45. The van der Waals surface area contributed by atoms with Crippen LogP contribution < -0.4 is 0 Å². The summed E-state index contributed by atoms with van der Waals surface area (Å²) in [5.41, 5.74) is -0.815. The molecule has 0 saturated carbocycles. The van der Waals surface area contributed by atoms with E-state index in [0.717, 1.165) is 25.9 Å². The van der Waals surface area contributed by atoms with E-state index < -0.39 is 5.60 Å². The summed E-state index contributed by atoms with van der Waals surface area (Å²) in [6, 6.07) is 0.0321. The van der Waals surface area contributed by atoms with E-state index in [0.29, 0.717) is 6.54 Å². The van der Waals surface area contributed by atoms with Gasteiger partial charge in [0.15, 0.2) is 0 Å². The van der Waals surface area contributed by atoms with E-state index in [1.165, 1.54) is 0 Å². The van der Waals surface area contributed by atoms with Crippen molar-refractivity contribution in [1.29, 1.82) is 0 Å². The Balaban J connectivity index is 2.43. The molecule has 14 heavy (non-hydrogen) atoms. The van der Waals surface area contributed by atoms with Crippen LogP contribution in [-0.4, -0.2) is 53.2 Å². The highest BCUT2D eigenvalue weighted by Gasteiger charge is 2.24. The largest absolute Gasteiger partial charge is 0.389 e. The van der Waals surface area contributed by atoms with Crippen LogP contribution in [0.5, 0.6) is 0 Å². The minimum Gasteiger partial charge on any atom is -0.389 e. The molecule has 0 unspecified atom stereocenters. The van der Waals surface area contributed by atoms with Gasteiger partial charge in [0, 0.05) is 20.1 Å². The van der Waals surface area contributed by atoms with Crippen LogP contribution in [0.2, 0.25) is 0 Å². The number of urea groups is 1. The van der Waals surface area contributed by atoms with Gasteiger partial charge in [-0.3, -0.25) is 0 Å². The first-order valence-electron chi connectivity index (χ1n) is 5.12. The molecule has 1 N–H and O–H groups in total. The Morgan fingerprint density at radius 3 is 2.36 bits per heavy atom. The molecule has 0 aromatic carbocycles. The first-order valence-corrected chi connectivity index (χ1v) is 5.12. The fraction of sp³-hybridized carbons (Fsp3) is 0.900. The van der Waals surface area contributed by atoms with E-state index in [2.05, 4.69) is 0 Å². The molecule has 4 nitrogen and oxygen atoms in total. The van der Waals surface area contributed by atoms with Gasteiger partial charge in [-0.2, -0.15) is 0 Å². The van der Waals surface area contributed by atoms with Crippen molar-refractivity contribution in [3.05, 3.63) is 0 Å². The van der Waals surface area contributed by atoms with Crippen LogP contribution in [0, 0.1) is 0 Å². The quantitative estimate of drug-likeness (QED) is 0.720. The Labute approximate surface area is 85.5 Å². The minimum atomic E-state index is -0.815. The van der Waals surface area contributed by atoms with E-state index in [-0.39, 0.29) is 6.03 Å². The number of hydrogen-bond acceptors (Lipinski definition) is 2. The summed E-state index contributed by atoms with van der Waals surface area (Å²) in [4.78, 5) is 15.2. The van der Waals surface area contributed by atoms with Gasteiger partial charge in [-0.25, -0.2) is 4.79 Å². The Morgan fingerprint density at radius 1 is 1.43 bits per heavy atom. The van der Waals surface area contributed by atoms with Gasteiger partial charge in [0.25, 0.3) is 0 Å². The molecule has 2 amide bonds.